The van der Waals surface area contributed by atoms with Crippen molar-refractivity contribution in [2.45, 2.75) is 76.6 Å². The van der Waals surface area contributed by atoms with Gasteiger partial charge >= 0.3 is 6.09 Å². The molecule has 14 heteroatoms. The van der Waals surface area contributed by atoms with Crippen molar-refractivity contribution in [3.05, 3.63) is 77.5 Å². The van der Waals surface area contributed by atoms with E-state index < -0.39 is 45.8 Å². The van der Waals surface area contributed by atoms with Gasteiger partial charge < -0.3 is 15.4 Å². The molecule has 2 aromatic carbocycles. The molecular weight excluding hydrogens is 621 g/mol. The molecule has 10 nitrogen and oxygen atoms in total. The van der Waals surface area contributed by atoms with Gasteiger partial charge in [-0.25, -0.2) is 41.3 Å². The SMILES string of the molecule is CC(C)(C)OC(=O)NC1CCC(Nc2ncc3nc(-c4ccc(NS(=O)(=O)Cc5ccc(F)cc5)c(F)c4)cc(CF)c3n2)CC1. The number of fused-ring (bicyclic) bond motifs is 1. The van der Waals surface area contributed by atoms with Gasteiger partial charge in [-0.3, -0.25) is 4.72 Å². The lowest BCUT2D eigenvalue weighted by atomic mass is 9.91. The van der Waals surface area contributed by atoms with Gasteiger partial charge in [0.1, 0.15) is 34.9 Å². The van der Waals surface area contributed by atoms with Crippen LogP contribution in [0.2, 0.25) is 0 Å². The van der Waals surface area contributed by atoms with E-state index in [-0.39, 0.29) is 29.0 Å². The smallest absolute Gasteiger partial charge is 0.407 e. The fraction of sp³-hybridized carbons (Fsp3) is 0.375. The number of hydrogen-bond donors (Lipinski definition) is 3. The fourth-order valence-corrected chi connectivity index (χ4v) is 6.41. The van der Waals surface area contributed by atoms with E-state index in [1.807, 2.05) is 20.8 Å². The molecule has 1 saturated carbocycles. The van der Waals surface area contributed by atoms with Crippen LogP contribution in [0.3, 0.4) is 0 Å². The van der Waals surface area contributed by atoms with E-state index in [9.17, 15) is 22.0 Å². The van der Waals surface area contributed by atoms with Crippen LogP contribution in [0, 0.1) is 11.6 Å². The van der Waals surface area contributed by atoms with Crippen molar-refractivity contribution < 1.29 is 31.1 Å². The summed E-state index contributed by atoms with van der Waals surface area (Å²) in [5.74, 6) is -1.49. The number of anilines is 2. The molecule has 2 aromatic heterocycles. The highest BCUT2D eigenvalue weighted by molar-refractivity contribution is 7.91. The monoisotopic (exact) mass is 656 g/mol. The zero-order valence-electron chi connectivity index (χ0n) is 25.6. The fourth-order valence-electron chi connectivity index (χ4n) is 5.21. The molecule has 0 atom stereocenters. The summed E-state index contributed by atoms with van der Waals surface area (Å²) in [7, 11) is -3.99. The summed E-state index contributed by atoms with van der Waals surface area (Å²) in [5.41, 5.74) is 0.925. The number of amides is 1. The Morgan fingerprint density at radius 1 is 0.978 bits per heavy atom. The zero-order chi connectivity index (χ0) is 33.1. The Labute approximate surface area is 265 Å². The lowest BCUT2D eigenvalue weighted by molar-refractivity contribution is 0.0492. The molecular formula is C32H35F3N6O4S. The number of rotatable bonds is 9. The van der Waals surface area contributed by atoms with E-state index in [0.717, 1.165) is 43.9 Å². The van der Waals surface area contributed by atoms with Crippen LogP contribution in [0.15, 0.2) is 54.7 Å². The molecule has 0 radical (unpaired) electrons. The van der Waals surface area contributed by atoms with Crippen molar-refractivity contribution in [2.75, 3.05) is 10.0 Å². The second-order valence-corrected chi connectivity index (χ2v) is 14.0. The van der Waals surface area contributed by atoms with Crippen LogP contribution in [0.25, 0.3) is 22.3 Å². The van der Waals surface area contributed by atoms with Crippen LogP contribution in [0.1, 0.15) is 57.6 Å². The Bertz CT molecular complexity index is 1830. The largest absolute Gasteiger partial charge is 0.444 e. The van der Waals surface area contributed by atoms with Crippen LogP contribution in [0.5, 0.6) is 0 Å². The van der Waals surface area contributed by atoms with Gasteiger partial charge in [0.2, 0.25) is 16.0 Å². The minimum absolute atomic E-state index is 0.00620. The number of carbonyl (C=O) groups excluding carboxylic acids is 1. The predicted octanol–water partition coefficient (Wildman–Crippen LogP) is 6.63. The maximum atomic E-state index is 15.0. The van der Waals surface area contributed by atoms with Crippen molar-refractivity contribution in [3.8, 4) is 11.3 Å². The summed E-state index contributed by atoms with van der Waals surface area (Å²) in [4.78, 5) is 25.5. The molecule has 2 heterocycles. The highest BCUT2D eigenvalue weighted by atomic mass is 32.2. The second kappa shape index (κ2) is 13.5. The summed E-state index contributed by atoms with van der Waals surface area (Å²) < 4.78 is 75.1. The summed E-state index contributed by atoms with van der Waals surface area (Å²) in [6.07, 6.45) is 4.05. The molecule has 1 aliphatic carbocycles. The maximum Gasteiger partial charge on any atom is 0.407 e. The normalized spacial score (nSPS) is 17.0. The third kappa shape index (κ3) is 8.62. The van der Waals surface area contributed by atoms with E-state index >= 15 is 4.39 Å². The van der Waals surface area contributed by atoms with Gasteiger partial charge in [0.15, 0.2) is 0 Å². The summed E-state index contributed by atoms with van der Waals surface area (Å²) in [6, 6.07) is 10.3. The van der Waals surface area contributed by atoms with Gasteiger partial charge in [-0.1, -0.05) is 18.2 Å². The lowest BCUT2D eigenvalue weighted by Gasteiger charge is -2.30. The average Bonchev–Trinajstić information content (AvgIpc) is 2.98. The van der Waals surface area contributed by atoms with Gasteiger partial charge in [0.25, 0.3) is 0 Å². The van der Waals surface area contributed by atoms with Crippen LogP contribution in [0.4, 0.5) is 29.6 Å². The first kappa shape index (κ1) is 32.9. The van der Waals surface area contributed by atoms with Crippen LogP contribution in [-0.2, 0) is 27.2 Å². The molecule has 3 N–H and O–H groups in total. The van der Waals surface area contributed by atoms with E-state index in [4.69, 9.17) is 4.74 Å². The quantitative estimate of drug-likeness (QED) is 0.183. The Morgan fingerprint density at radius 3 is 2.33 bits per heavy atom. The Hall–Kier alpha value is -4.46. The highest BCUT2D eigenvalue weighted by Gasteiger charge is 2.25. The Morgan fingerprint density at radius 2 is 1.67 bits per heavy atom. The number of benzene rings is 2. The third-order valence-electron chi connectivity index (χ3n) is 7.35. The summed E-state index contributed by atoms with van der Waals surface area (Å²) in [5, 5.41) is 6.20. The molecule has 0 aliphatic heterocycles. The van der Waals surface area contributed by atoms with E-state index in [1.165, 1.54) is 36.5 Å². The molecule has 0 bridgehead atoms. The zero-order valence-corrected chi connectivity index (χ0v) is 26.4. The number of ether oxygens (including phenoxy) is 1. The first-order valence-corrected chi connectivity index (χ1v) is 16.5. The number of nitrogens with zero attached hydrogens (tertiary/aromatic N) is 3. The van der Waals surface area contributed by atoms with Crippen molar-refractivity contribution >= 4 is 38.8 Å². The number of alkyl halides is 1. The molecule has 244 valence electrons. The summed E-state index contributed by atoms with van der Waals surface area (Å²) in [6.45, 7) is 4.59. The molecule has 1 fully saturated rings. The highest BCUT2D eigenvalue weighted by Crippen LogP contribution is 2.29. The lowest BCUT2D eigenvalue weighted by Crippen LogP contribution is -2.42. The summed E-state index contributed by atoms with van der Waals surface area (Å²) >= 11 is 0. The maximum absolute atomic E-state index is 15.0. The first-order chi connectivity index (χ1) is 21.8. The minimum Gasteiger partial charge on any atom is -0.444 e. The van der Waals surface area contributed by atoms with Crippen LogP contribution in [-0.4, -0.2) is 47.1 Å². The Kier molecular flexibility index (Phi) is 9.66. The third-order valence-corrected chi connectivity index (χ3v) is 8.60. The van der Waals surface area contributed by atoms with Crippen molar-refractivity contribution in [1.29, 1.82) is 0 Å². The topological polar surface area (TPSA) is 135 Å². The van der Waals surface area contributed by atoms with Crippen LogP contribution >= 0.6 is 0 Å². The van der Waals surface area contributed by atoms with Gasteiger partial charge in [0.05, 0.1) is 23.3 Å². The standard InChI is InChI=1S/C32H35F3N6O4S/c1-32(2,3)45-31(42)38-24-11-9-23(10-12-24)37-30-36-17-28-29(40-30)21(16-33)15-27(39-28)20-6-13-26(25(35)14-20)41-46(43,44)18-19-4-7-22(34)8-5-19/h4-8,13-15,17,23-24,41H,9-12,16,18H2,1-3H3,(H,38,42)(H,36,37,40). The molecule has 4 aromatic rings. The number of halogens is 3. The van der Waals surface area contributed by atoms with Crippen molar-refractivity contribution in [2.24, 2.45) is 0 Å². The van der Waals surface area contributed by atoms with Gasteiger partial charge in [-0.05, 0) is 82.3 Å². The Balaban J connectivity index is 1.25. The number of pyridine rings is 1. The van der Waals surface area contributed by atoms with E-state index in [0.29, 0.717) is 28.1 Å². The molecule has 1 aliphatic rings. The molecule has 1 amide bonds. The van der Waals surface area contributed by atoms with Gasteiger partial charge in [0, 0.05) is 23.2 Å². The van der Waals surface area contributed by atoms with E-state index in [1.54, 1.807) is 0 Å². The number of aromatic nitrogens is 3. The van der Waals surface area contributed by atoms with Crippen molar-refractivity contribution in [3.63, 3.8) is 0 Å². The number of hydrogen-bond acceptors (Lipinski definition) is 8. The minimum atomic E-state index is -3.99. The molecule has 5 rings (SSSR count). The predicted molar refractivity (Wildman–Crippen MR) is 169 cm³/mol. The molecule has 0 saturated heterocycles. The number of carbonyl (C=O) groups is 1. The molecule has 0 spiro atoms. The van der Waals surface area contributed by atoms with Crippen LogP contribution < -0.4 is 15.4 Å². The van der Waals surface area contributed by atoms with Crippen molar-refractivity contribution in [1.82, 2.24) is 20.3 Å². The van der Waals surface area contributed by atoms with Gasteiger partial charge in [-0.2, -0.15) is 0 Å². The second-order valence-electron chi connectivity index (χ2n) is 12.2. The van der Waals surface area contributed by atoms with Gasteiger partial charge in [-0.15, -0.1) is 0 Å². The molecule has 0 unspecified atom stereocenters. The van der Waals surface area contributed by atoms with E-state index in [2.05, 4.69) is 30.3 Å². The average molecular weight is 657 g/mol. The number of alkyl carbamates (subject to hydrolysis) is 1. The number of nitrogens with one attached hydrogen (secondary N) is 3. The number of sulfonamides is 1. The first-order valence-electron chi connectivity index (χ1n) is 14.8. The molecule has 46 heavy (non-hydrogen) atoms.